The first kappa shape index (κ1) is 22.8. The lowest BCUT2D eigenvalue weighted by Gasteiger charge is -2.57. The molecule has 0 unspecified atom stereocenters. The summed E-state index contributed by atoms with van der Waals surface area (Å²) < 4.78 is 5.40. The molecule has 0 atom stereocenters. The van der Waals surface area contributed by atoms with Gasteiger partial charge in [-0.25, -0.2) is 0 Å². The van der Waals surface area contributed by atoms with Crippen LogP contribution in [0.2, 0.25) is 0 Å². The van der Waals surface area contributed by atoms with Crippen molar-refractivity contribution in [1.29, 1.82) is 0 Å². The Hall–Kier alpha value is -3.60. The molecule has 1 heterocycles. The molecule has 3 aromatic rings. The van der Waals surface area contributed by atoms with E-state index in [1.54, 1.807) is 30.3 Å². The van der Waals surface area contributed by atoms with Gasteiger partial charge < -0.3 is 15.1 Å². The molecule has 4 aliphatic rings. The Morgan fingerprint density at radius 2 is 1.61 bits per heavy atom. The largest absolute Gasteiger partial charge is 0.465 e. The molecule has 36 heavy (non-hydrogen) atoms. The van der Waals surface area contributed by atoms with Crippen molar-refractivity contribution in [1.82, 2.24) is 5.32 Å². The zero-order valence-electron chi connectivity index (χ0n) is 20.6. The molecule has 0 spiro atoms. The third kappa shape index (κ3) is 4.50. The van der Waals surface area contributed by atoms with Crippen molar-refractivity contribution in [2.75, 3.05) is 5.32 Å². The second-order valence-corrected chi connectivity index (χ2v) is 11.1. The molecule has 2 amide bonds. The first-order chi connectivity index (χ1) is 17.5. The van der Waals surface area contributed by atoms with Crippen molar-refractivity contribution in [2.24, 2.45) is 17.8 Å². The van der Waals surface area contributed by atoms with Crippen LogP contribution < -0.4 is 10.6 Å². The number of carbonyl (C=O) groups is 2. The summed E-state index contributed by atoms with van der Waals surface area (Å²) in [4.78, 5) is 26.1. The normalized spacial score (nSPS) is 26.6. The first-order valence-corrected chi connectivity index (χ1v) is 13.0. The van der Waals surface area contributed by atoms with E-state index in [1.165, 1.54) is 50.4 Å². The minimum absolute atomic E-state index is 0.126. The molecular formula is C31H32N2O3. The summed E-state index contributed by atoms with van der Waals surface area (Å²) >= 11 is 0. The van der Waals surface area contributed by atoms with Crippen LogP contribution in [0, 0.1) is 24.7 Å². The lowest BCUT2D eigenvalue weighted by atomic mass is 9.48. The average Bonchev–Trinajstić information content (AvgIpc) is 3.36. The monoisotopic (exact) mass is 480 g/mol. The lowest BCUT2D eigenvalue weighted by molar-refractivity contribution is -0.113. The molecule has 4 bridgehead atoms. The molecule has 4 aliphatic carbocycles. The van der Waals surface area contributed by atoms with Gasteiger partial charge in [-0.3, -0.25) is 9.59 Å². The van der Waals surface area contributed by atoms with Crippen LogP contribution in [0.1, 0.15) is 65.8 Å². The Labute approximate surface area is 212 Å². The highest BCUT2D eigenvalue weighted by molar-refractivity contribution is 6.10. The van der Waals surface area contributed by atoms with Gasteiger partial charge in [-0.15, -0.1) is 0 Å². The fraction of sp³-hybridized carbons (Fsp3) is 0.355. The highest BCUT2D eigenvalue weighted by Gasteiger charge is 2.51. The Morgan fingerprint density at radius 3 is 2.22 bits per heavy atom. The Morgan fingerprint density at radius 1 is 0.917 bits per heavy atom. The maximum atomic E-state index is 13.2. The average molecular weight is 481 g/mol. The van der Waals surface area contributed by atoms with Gasteiger partial charge in [-0.2, -0.15) is 0 Å². The van der Waals surface area contributed by atoms with Gasteiger partial charge in [0.05, 0.1) is 6.26 Å². The fourth-order valence-electron chi connectivity index (χ4n) is 7.22. The maximum absolute atomic E-state index is 13.2. The molecule has 5 nitrogen and oxygen atoms in total. The second kappa shape index (κ2) is 9.12. The van der Waals surface area contributed by atoms with Crippen molar-refractivity contribution < 1.29 is 14.0 Å². The number of nitrogens with one attached hydrogen (secondary N) is 2. The molecule has 1 aromatic heterocycles. The van der Waals surface area contributed by atoms with Crippen molar-refractivity contribution >= 4 is 23.6 Å². The van der Waals surface area contributed by atoms with E-state index in [4.69, 9.17) is 4.42 Å². The van der Waals surface area contributed by atoms with E-state index < -0.39 is 5.91 Å². The molecule has 4 saturated carbocycles. The number of carbonyl (C=O) groups excluding carboxylic acids is 2. The number of amides is 2. The summed E-state index contributed by atoms with van der Waals surface area (Å²) in [6, 6.07) is 19.2. The topological polar surface area (TPSA) is 71.3 Å². The van der Waals surface area contributed by atoms with E-state index in [0.29, 0.717) is 22.4 Å². The van der Waals surface area contributed by atoms with Gasteiger partial charge in [0.1, 0.15) is 11.5 Å². The number of hydrogen-bond acceptors (Lipinski definition) is 3. The Bertz CT molecular complexity index is 1270. The van der Waals surface area contributed by atoms with E-state index in [2.05, 4.69) is 22.8 Å². The van der Waals surface area contributed by atoms with Gasteiger partial charge >= 0.3 is 0 Å². The van der Waals surface area contributed by atoms with Crippen molar-refractivity contribution in [2.45, 2.75) is 50.9 Å². The number of furan rings is 1. The summed E-state index contributed by atoms with van der Waals surface area (Å²) in [6.45, 7) is 1.93. The molecular weight excluding hydrogens is 448 g/mol. The summed E-state index contributed by atoms with van der Waals surface area (Å²) in [7, 11) is 0. The van der Waals surface area contributed by atoms with Crippen molar-refractivity contribution in [3.63, 3.8) is 0 Å². The molecule has 7 rings (SSSR count). The summed E-state index contributed by atoms with van der Waals surface area (Å²) in [5.41, 5.74) is 4.04. The highest BCUT2D eigenvalue weighted by atomic mass is 16.3. The smallest absolute Gasteiger partial charge is 0.272 e. The molecule has 0 saturated heterocycles. The van der Waals surface area contributed by atoms with Gasteiger partial charge in [0.2, 0.25) is 0 Å². The van der Waals surface area contributed by atoms with Gasteiger partial charge in [-0.1, -0.05) is 29.8 Å². The molecule has 0 aliphatic heterocycles. The van der Waals surface area contributed by atoms with Crippen LogP contribution in [0.4, 0.5) is 5.69 Å². The molecule has 184 valence electrons. The predicted octanol–water partition coefficient (Wildman–Crippen LogP) is 6.47. The Balaban J connectivity index is 1.19. The quantitative estimate of drug-likeness (QED) is 0.398. The van der Waals surface area contributed by atoms with Crippen LogP contribution in [0.25, 0.3) is 6.08 Å². The summed E-state index contributed by atoms with van der Waals surface area (Å²) in [5, 5.41) is 5.73. The zero-order chi connectivity index (χ0) is 24.7. The van der Waals surface area contributed by atoms with E-state index in [-0.39, 0.29) is 11.6 Å². The molecule has 5 heteroatoms. The second-order valence-electron chi connectivity index (χ2n) is 11.1. The van der Waals surface area contributed by atoms with Gasteiger partial charge in [0.15, 0.2) is 0 Å². The van der Waals surface area contributed by atoms with Crippen molar-refractivity contribution in [3.8, 4) is 0 Å². The van der Waals surface area contributed by atoms with E-state index in [1.807, 2.05) is 31.2 Å². The minimum atomic E-state index is -0.394. The maximum Gasteiger partial charge on any atom is 0.272 e. The molecule has 2 N–H and O–H groups in total. The number of hydrogen-bond donors (Lipinski definition) is 2. The standard InChI is InChI=1S/C31H32N2O3/c1-20-4-2-5-24(12-20)29(34)33-28(16-27-6-3-11-36-27)30(35)32-26-9-7-25(8-10-26)31-17-21-13-22(18-31)15-23(14-21)19-31/h2-12,16,21-23H,13-15,17-19H2,1H3,(H,32,35)(H,33,34)/b28-16-. The number of rotatable bonds is 6. The summed E-state index contributed by atoms with van der Waals surface area (Å²) in [5.74, 6) is 2.42. The van der Waals surface area contributed by atoms with Crippen LogP contribution >= 0.6 is 0 Å². The van der Waals surface area contributed by atoms with Gasteiger partial charge in [-0.05, 0) is 111 Å². The number of aryl methyl sites for hydroxylation is 1. The SMILES string of the molecule is Cc1cccc(C(=O)N/C(=C\c2ccco2)C(=O)Nc2ccc(C34CC5CC(CC(C5)C3)C4)cc2)c1. The van der Waals surface area contributed by atoms with Crippen molar-refractivity contribution in [3.05, 3.63) is 95.1 Å². The third-order valence-electron chi connectivity index (χ3n) is 8.40. The highest BCUT2D eigenvalue weighted by Crippen LogP contribution is 2.60. The predicted molar refractivity (Wildman–Crippen MR) is 140 cm³/mol. The van der Waals surface area contributed by atoms with Crippen LogP contribution in [-0.4, -0.2) is 11.8 Å². The van der Waals surface area contributed by atoms with Crippen LogP contribution in [0.5, 0.6) is 0 Å². The number of anilines is 1. The minimum Gasteiger partial charge on any atom is -0.465 e. The molecule has 0 radical (unpaired) electrons. The molecule has 2 aromatic carbocycles. The fourth-order valence-corrected chi connectivity index (χ4v) is 7.22. The molecule has 4 fully saturated rings. The van der Waals surface area contributed by atoms with E-state index >= 15 is 0 Å². The van der Waals surface area contributed by atoms with Crippen LogP contribution in [0.15, 0.2) is 77.0 Å². The van der Waals surface area contributed by atoms with E-state index in [0.717, 1.165) is 23.3 Å². The van der Waals surface area contributed by atoms with Gasteiger partial charge in [0.25, 0.3) is 11.8 Å². The zero-order valence-corrected chi connectivity index (χ0v) is 20.6. The van der Waals surface area contributed by atoms with E-state index in [9.17, 15) is 9.59 Å². The first-order valence-electron chi connectivity index (χ1n) is 13.0. The third-order valence-corrected chi connectivity index (χ3v) is 8.40. The number of benzene rings is 2. The van der Waals surface area contributed by atoms with Gasteiger partial charge in [0, 0.05) is 17.3 Å². The van der Waals surface area contributed by atoms with Crippen LogP contribution in [0.3, 0.4) is 0 Å². The summed E-state index contributed by atoms with van der Waals surface area (Å²) in [6.07, 6.45) is 11.3. The Kier molecular flexibility index (Phi) is 5.79. The van der Waals surface area contributed by atoms with Crippen LogP contribution in [-0.2, 0) is 10.2 Å². The lowest BCUT2D eigenvalue weighted by Crippen LogP contribution is -2.48.